The van der Waals surface area contributed by atoms with E-state index in [-0.39, 0.29) is 0 Å². The molecule has 2 rings (SSSR count). The Balaban J connectivity index is 2.35. The van der Waals surface area contributed by atoms with E-state index in [1.54, 1.807) is 0 Å². The number of hydrogen-bond acceptors (Lipinski definition) is 4. The number of nitrogens with one attached hydrogen (secondary N) is 1. The molecule has 0 aromatic carbocycles. The van der Waals surface area contributed by atoms with Crippen LogP contribution in [0.5, 0.6) is 0 Å². The van der Waals surface area contributed by atoms with Crippen LogP contribution in [0.3, 0.4) is 0 Å². The summed E-state index contributed by atoms with van der Waals surface area (Å²) in [5, 5.41) is 7.27. The minimum absolute atomic E-state index is 0.316. The molecule has 5 nitrogen and oxygen atoms in total. The van der Waals surface area contributed by atoms with Crippen molar-refractivity contribution in [2.45, 2.75) is 39.3 Å². The Morgan fingerprint density at radius 3 is 3.00 bits per heavy atom. The number of ether oxygens (including phenoxy) is 1. The zero-order chi connectivity index (χ0) is 12.4. The summed E-state index contributed by atoms with van der Waals surface area (Å²) in [6.45, 7) is 8.83. The van der Waals surface area contributed by atoms with E-state index in [1.165, 1.54) is 0 Å². The molecule has 1 aliphatic rings. The molecule has 1 fully saturated rings. The fraction of sp³-hybridized carbons (Fsp3) is 0.818. The smallest absolute Gasteiger partial charge is 0.226 e. The Morgan fingerprint density at radius 2 is 2.35 bits per heavy atom. The zero-order valence-corrected chi connectivity index (χ0v) is 11.5. The molecule has 1 N–H and O–H groups in total. The summed E-state index contributed by atoms with van der Waals surface area (Å²) < 4.78 is 8.28. The van der Waals surface area contributed by atoms with Gasteiger partial charge in [-0.25, -0.2) is 5.10 Å². The minimum atomic E-state index is 0.316. The van der Waals surface area contributed by atoms with Gasteiger partial charge in [0, 0.05) is 12.6 Å². The molecule has 1 aromatic heterocycles. The number of morpholine rings is 1. The number of H-pyrrole nitrogens is 1. The van der Waals surface area contributed by atoms with Gasteiger partial charge in [-0.05, 0) is 32.5 Å². The Hall–Kier alpha value is -0.880. The van der Waals surface area contributed by atoms with Crippen LogP contribution in [0.25, 0.3) is 0 Å². The molecule has 0 spiro atoms. The molecule has 1 atom stereocenters. The molecular formula is C11H20N4OS. The van der Waals surface area contributed by atoms with Crippen LogP contribution in [0.2, 0.25) is 0 Å². The number of nitrogens with zero attached hydrogens (tertiary/aromatic N) is 3. The maximum absolute atomic E-state index is 5.52. The maximum atomic E-state index is 5.52. The van der Waals surface area contributed by atoms with E-state index in [2.05, 4.69) is 40.4 Å². The Bertz CT molecular complexity index is 425. The third-order valence-corrected chi connectivity index (χ3v) is 3.45. The molecule has 6 heteroatoms. The van der Waals surface area contributed by atoms with E-state index in [4.69, 9.17) is 17.0 Å². The van der Waals surface area contributed by atoms with Crippen LogP contribution in [0.1, 0.15) is 33.2 Å². The van der Waals surface area contributed by atoms with Crippen molar-refractivity contribution >= 4 is 18.2 Å². The van der Waals surface area contributed by atoms with Gasteiger partial charge in [0.1, 0.15) is 0 Å². The second-order valence-electron chi connectivity index (χ2n) is 4.62. The molecule has 0 radical (unpaired) electrons. The molecule has 1 aliphatic heterocycles. The average molecular weight is 256 g/mol. The predicted molar refractivity (Wildman–Crippen MR) is 70.0 cm³/mol. The lowest BCUT2D eigenvalue weighted by Crippen LogP contribution is -2.46. The lowest BCUT2D eigenvalue weighted by atomic mass is 10.2. The quantitative estimate of drug-likeness (QED) is 0.842. The molecule has 2 heterocycles. The van der Waals surface area contributed by atoms with Gasteiger partial charge < -0.3 is 9.64 Å². The molecule has 1 unspecified atom stereocenters. The van der Waals surface area contributed by atoms with Crippen LogP contribution in [-0.4, -0.2) is 40.6 Å². The van der Waals surface area contributed by atoms with Crippen molar-refractivity contribution < 1.29 is 4.74 Å². The Morgan fingerprint density at radius 1 is 1.59 bits per heavy atom. The predicted octanol–water partition coefficient (Wildman–Crippen LogP) is 2.14. The third-order valence-electron chi connectivity index (χ3n) is 3.16. The fourth-order valence-corrected chi connectivity index (χ4v) is 2.56. The van der Waals surface area contributed by atoms with Gasteiger partial charge in [0.2, 0.25) is 5.95 Å². The first-order chi connectivity index (χ1) is 8.15. The van der Waals surface area contributed by atoms with Crippen molar-refractivity contribution in [3.05, 3.63) is 4.77 Å². The van der Waals surface area contributed by atoms with Gasteiger partial charge in [-0.1, -0.05) is 6.92 Å². The molecular weight excluding hydrogens is 236 g/mol. The lowest BCUT2D eigenvalue weighted by Gasteiger charge is -2.36. The van der Waals surface area contributed by atoms with Gasteiger partial charge in [0.05, 0.1) is 19.3 Å². The normalized spacial score (nSPS) is 21.2. The first kappa shape index (κ1) is 12.6. The SMILES string of the molecule is CCC1COCCN1c1n[nH]c(=S)n1C(C)C. The first-order valence-electron chi connectivity index (χ1n) is 6.16. The zero-order valence-electron chi connectivity index (χ0n) is 10.6. The van der Waals surface area contributed by atoms with E-state index in [1.807, 2.05) is 0 Å². The number of aromatic amines is 1. The van der Waals surface area contributed by atoms with Gasteiger partial charge in [0.15, 0.2) is 4.77 Å². The Kier molecular flexibility index (Phi) is 3.83. The van der Waals surface area contributed by atoms with Crippen LogP contribution >= 0.6 is 12.2 Å². The summed E-state index contributed by atoms with van der Waals surface area (Å²) in [5.41, 5.74) is 0. The van der Waals surface area contributed by atoms with E-state index in [9.17, 15) is 0 Å². The van der Waals surface area contributed by atoms with Crippen LogP contribution in [0.4, 0.5) is 5.95 Å². The van der Waals surface area contributed by atoms with E-state index < -0.39 is 0 Å². The summed E-state index contributed by atoms with van der Waals surface area (Å²) >= 11 is 5.28. The van der Waals surface area contributed by atoms with Crippen molar-refractivity contribution in [1.82, 2.24) is 14.8 Å². The van der Waals surface area contributed by atoms with Crippen molar-refractivity contribution in [3.63, 3.8) is 0 Å². The molecule has 1 aromatic rings. The van der Waals surface area contributed by atoms with Gasteiger partial charge >= 0.3 is 0 Å². The highest BCUT2D eigenvalue weighted by atomic mass is 32.1. The molecule has 0 aliphatic carbocycles. The molecule has 96 valence electrons. The molecule has 0 bridgehead atoms. The topological polar surface area (TPSA) is 46.1 Å². The lowest BCUT2D eigenvalue weighted by molar-refractivity contribution is 0.0915. The largest absolute Gasteiger partial charge is 0.377 e. The van der Waals surface area contributed by atoms with Crippen molar-refractivity contribution in [3.8, 4) is 0 Å². The highest BCUT2D eigenvalue weighted by molar-refractivity contribution is 7.71. The Labute approximate surface area is 107 Å². The molecule has 1 saturated heterocycles. The van der Waals surface area contributed by atoms with Crippen molar-refractivity contribution in [2.24, 2.45) is 0 Å². The van der Waals surface area contributed by atoms with Crippen LogP contribution in [0, 0.1) is 4.77 Å². The maximum Gasteiger partial charge on any atom is 0.226 e. The van der Waals surface area contributed by atoms with E-state index in [0.29, 0.717) is 16.9 Å². The molecule has 0 saturated carbocycles. The van der Waals surface area contributed by atoms with Crippen LogP contribution in [-0.2, 0) is 4.74 Å². The second kappa shape index (κ2) is 5.18. The number of rotatable bonds is 3. The number of aromatic nitrogens is 3. The average Bonchev–Trinajstić information content (AvgIpc) is 2.71. The number of hydrogen-bond donors (Lipinski definition) is 1. The highest BCUT2D eigenvalue weighted by Crippen LogP contribution is 2.22. The molecule has 17 heavy (non-hydrogen) atoms. The van der Waals surface area contributed by atoms with Crippen molar-refractivity contribution in [1.29, 1.82) is 0 Å². The van der Waals surface area contributed by atoms with Crippen LogP contribution < -0.4 is 4.90 Å². The van der Waals surface area contributed by atoms with Gasteiger partial charge in [-0.2, -0.15) is 0 Å². The summed E-state index contributed by atoms with van der Waals surface area (Å²) in [5.74, 6) is 0.945. The highest BCUT2D eigenvalue weighted by Gasteiger charge is 2.26. The second-order valence-corrected chi connectivity index (χ2v) is 5.01. The van der Waals surface area contributed by atoms with Gasteiger partial charge in [-0.3, -0.25) is 4.57 Å². The van der Waals surface area contributed by atoms with Gasteiger partial charge in [-0.15, -0.1) is 5.10 Å². The van der Waals surface area contributed by atoms with Crippen molar-refractivity contribution in [2.75, 3.05) is 24.7 Å². The summed E-state index contributed by atoms with van der Waals surface area (Å²) in [6, 6.07) is 0.711. The first-order valence-corrected chi connectivity index (χ1v) is 6.57. The van der Waals surface area contributed by atoms with E-state index >= 15 is 0 Å². The summed E-state index contributed by atoms with van der Waals surface area (Å²) in [7, 11) is 0. The monoisotopic (exact) mass is 256 g/mol. The van der Waals surface area contributed by atoms with Gasteiger partial charge in [0.25, 0.3) is 0 Å². The fourth-order valence-electron chi connectivity index (χ4n) is 2.22. The molecule has 0 amide bonds. The van der Waals surface area contributed by atoms with E-state index in [0.717, 1.165) is 32.1 Å². The summed E-state index contributed by atoms with van der Waals surface area (Å²) in [6.07, 6.45) is 1.05. The standard InChI is InChI=1S/C11H20N4OS/c1-4-9-7-16-6-5-14(9)10-12-13-11(17)15(10)8(2)3/h8-9H,4-7H2,1-3H3,(H,13,17). The summed E-state index contributed by atoms with van der Waals surface area (Å²) in [4.78, 5) is 2.30. The number of anilines is 1. The van der Waals surface area contributed by atoms with Crippen LogP contribution in [0.15, 0.2) is 0 Å². The minimum Gasteiger partial charge on any atom is -0.377 e. The third kappa shape index (κ3) is 2.37.